The summed E-state index contributed by atoms with van der Waals surface area (Å²) in [6.45, 7) is 0.832. The Morgan fingerprint density at radius 1 is 1.23 bits per heavy atom. The Kier molecular flexibility index (Phi) is 5.94. The molecule has 4 rings (SSSR count). The molecule has 5 nitrogen and oxygen atoms in total. The number of thioether (sulfide) groups is 1. The Labute approximate surface area is 163 Å². The molecule has 2 aliphatic carbocycles. The van der Waals surface area contributed by atoms with Gasteiger partial charge >= 0.3 is 0 Å². The molecular formula is C19H26N4OS2. The molecule has 2 aromatic heterocycles. The Balaban J connectivity index is 1.31. The maximum atomic E-state index is 12.2. The lowest BCUT2D eigenvalue weighted by Crippen LogP contribution is -2.31. The van der Waals surface area contributed by atoms with Gasteiger partial charge in [-0.1, -0.05) is 37.1 Å². The smallest absolute Gasteiger partial charge is 0.230 e. The van der Waals surface area contributed by atoms with E-state index in [1.54, 1.807) is 11.3 Å². The van der Waals surface area contributed by atoms with Gasteiger partial charge in [-0.2, -0.15) is 0 Å². The van der Waals surface area contributed by atoms with Gasteiger partial charge in [0.1, 0.15) is 5.82 Å². The first-order chi connectivity index (χ1) is 12.8. The SMILES string of the molecule is O=C(CSc1nnc(Cc2cccs2)n1C1CC1)NCC1CCCCC1. The highest BCUT2D eigenvalue weighted by atomic mass is 32.2. The van der Waals surface area contributed by atoms with Gasteiger partial charge in [0.15, 0.2) is 5.16 Å². The van der Waals surface area contributed by atoms with Crippen LogP contribution in [0.1, 0.15) is 61.7 Å². The molecular weight excluding hydrogens is 364 g/mol. The molecule has 2 saturated carbocycles. The van der Waals surface area contributed by atoms with Gasteiger partial charge in [0, 0.05) is 23.9 Å². The van der Waals surface area contributed by atoms with Crippen LogP contribution in [0.15, 0.2) is 22.7 Å². The van der Waals surface area contributed by atoms with E-state index in [0.29, 0.717) is 17.7 Å². The van der Waals surface area contributed by atoms with E-state index in [1.807, 2.05) is 0 Å². The molecule has 1 amide bonds. The predicted molar refractivity (Wildman–Crippen MR) is 106 cm³/mol. The number of hydrogen-bond donors (Lipinski definition) is 1. The maximum Gasteiger partial charge on any atom is 0.230 e. The predicted octanol–water partition coefficient (Wildman–Crippen LogP) is 4.05. The fourth-order valence-corrected chi connectivity index (χ4v) is 5.18. The molecule has 0 unspecified atom stereocenters. The molecule has 26 heavy (non-hydrogen) atoms. The Morgan fingerprint density at radius 2 is 2.08 bits per heavy atom. The number of nitrogens with zero attached hydrogens (tertiary/aromatic N) is 3. The summed E-state index contributed by atoms with van der Waals surface area (Å²) in [6.07, 6.45) is 9.71. The van der Waals surface area contributed by atoms with Crippen molar-refractivity contribution in [3.8, 4) is 0 Å². The van der Waals surface area contributed by atoms with Gasteiger partial charge in [0.05, 0.1) is 5.75 Å². The van der Waals surface area contributed by atoms with Gasteiger partial charge in [0.25, 0.3) is 0 Å². The number of rotatable bonds is 8. The second kappa shape index (κ2) is 8.57. The second-order valence-electron chi connectivity index (χ2n) is 7.35. The lowest BCUT2D eigenvalue weighted by Gasteiger charge is -2.21. The van der Waals surface area contributed by atoms with Crippen LogP contribution in [0.5, 0.6) is 0 Å². The van der Waals surface area contributed by atoms with Gasteiger partial charge in [-0.3, -0.25) is 4.79 Å². The third-order valence-corrected chi connectivity index (χ3v) is 7.02. The van der Waals surface area contributed by atoms with E-state index in [4.69, 9.17) is 0 Å². The average Bonchev–Trinajstić information content (AvgIpc) is 3.22. The van der Waals surface area contributed by atoms with Crippen LogP contribution in [-0.2, 0) is 11.2 Å². The number of thiophene rings is 1. The molecule has 0 aliphatic heterocycles. The zero-order valence-electron chi connectivity index (χ0n) is 15.0. The standard InChI is InChI=1S/C19H26N4OS2/c24-18(20-12-14-5-2-1-3-6-14)13-26-19-22-21-17(23(19)15-8-9-15)11-16-7-4-10-25-16/h4,7,10,14-15H,1-3,5-6,8-9,11-13H2,(H,20,24). The van der Waals surface area contributed by atoms with Crippen LogP contribution < -0.4 is 5.32 Å². The Morgan fingerprint density at radius 3 is 2.81 bits per heavy atom. The molecule has 2 aromatic rings. The van der Waals surface area contributed by atoms with Crippen molar-refractivity contribution in [3.05, 3.63) is 28.2 Å². The topological polar surface area (TPSA) is 59.8 Å². The van der Waals surface area contributed by atoms with Crippen molar-refractivity contribution in [1.82, 2.24) is 20.1 Å². The molecule has 2 fully saturated rings. The van der Waals surface area contributed by atoms with Crippen LogP contribution in [0.25, 0.3) is 0 Å². The van der Waals surface area contributed by atoms with Crippen LogP contribution in [0, 0.1) is 5.92 Å². The zero-order valence-corrected chi connectivity index (χ0v) is 16.7. The van der Waals surface area contributed by atoms with Crippen molar-refractivity contribution in [2.75, 3.05) is 12.3 Å². The normalized spacial score (nSPS) is 18.2. The summed E-state index contributed by atoms with van der Waals surface area (Å²) < 4.78 is 2.26. The van der Waals surface area contributed by atoms with Crippen molar-refractivity contribution in [3.63, 3.8) is 0 Å². The van der Waals surface area contributed by atoms with Gasteiger partial charge in [-0.05, 0) is 43.0 Å². The summed E-state index contributed by atoms with van der Waals surface area (Å²) in [4.78, 5) is 13.5. The van der Waals surface area contributed by atoms with Crippen LogP contribution in [0.3, 0.4) is 0 Å². The molecule has 2 heterocycles. The van der Waals surface area contributed by atoms with Crippen LogP contribution in [-0.4, -0.2) is 33.0 Å². The minimum atomic E-state index is 0.116. The third-order valence-electron chi connectivity index (χ3n) is 5.20. The molecule has 2 aliphatic rings. The van der Waals surface area contributed by atoms with E-state index in [2.05, 4.69) is 37.6 Å². The van der Waals surface area contributed by atoms with Gasteiger partial charge in [0.2, 0.25) is 5.91 Å². The van der Waals surface area contributed by atoms with E-state index in [0.717, 1.165) is 23.9 Å². The molecule has 0 radical (unpaired) electrons. The summed E-state index contributed by atoms with van der Waals surface area (Å²) in [6, 6.07) is 4.74. The number of carbonyl (C=O) groups excluding carboxylic acids is 1. The van der Waals surface area contributed by atoms with E-state index in [-0.39, 0.29) is 5.91 Å². The van der Waals surface area contributed by atoms with Crippen LogP contribution in [0.2, 0.25) is 0 Å². The number of nitrogens with one attached hydrogen (secondary N) is 1. The highest BCUT2D eigenvalue weighted by Gasteiger charge is 2.30. The fraction of sp³-hybridized carbons (Fsp3) is 0.632. The molecule has 140 valence electrons. The molecule has 0 saturated heterocycles. The van der Waals surface area contributed by atoms with Crippen LogP contribution in [0.4, 0.5) is 0 Å². The van der Waals surface area contributed by atoms with E-state index in [9.17, 15) is 4.79 Å². The van der Waals surface area contributed by atoms with Crippen molar-refractivity contribution >= 4 is 29.0 Å². The Hall–Kier alpha value is -1.34. The minimum Gasteiger partial charge on any atom is -0.355 e. The lowest BCUT2D eigenvalue weighted by atomic mass is 9.89. The molecule has 1 N–H and O–H groups in total. The highest BCUT2D eigenvalue weighted by Crippen LogP contribution is 2.39. The quantitative estimate of drug-likeness (QED) is 0.691. The summed E-state index contributed by atoms with van der Waals surface area (Å²) >= 11 is 3.28. The fourth-order valence-electron chi connectivity index (χ4n) is 3.63. The lowest BCUT2D eigenvalue weighted by molar-refractivity contribution is -0.118. The van der Waals surface area contributed by atoms with E-state index in [1.165, 1.54) is 61.6 Å². The summed E-state index contributed by atoms with van der Waals surface area (Å²) in [5.74, 6) is 2.24. The number of aromatic nitrogens is 3. The van der Waals surface area contributed by atoms with Crippen molar-refractivity contribution in [2.45, 2.75) is 62.6 Å². The number of hydrogen-bond acceptors (Lipinski definition) is 5. The summed E-state index contributed by atoms with van der Waals surface area (Å²) in [7, 11) is 0. The molecule has 0 atom stereocenters. The second-order valence-corrected chi connectivity index (χ2v) is 9.33. The number of amides is 1. The number of carbonyl (C=O) groups is 1. The van der Waals surface area contributed by atoms with Gasteiger partial charge in [-0.25, -0.2) is 0 Å². The van der Waals surface area contributed by atoms with E-state index >= 15 is 0 Å². The highest BCUT2D eigenvalue weighted by molar-refractivity contribution is 7.99. The monoisotopic (exact) mass is 390 g/mol. The first kappa shape index (κ1) is 18.0. The van der Waals surface area contributed by atoms with Gasteiger partial charge < -0.3 is 9.88 Å². The largest absolute Gasteiger partial charge is 0.355 e. The first-order valence-electron chi connectivity index (χ1n) is 9.65. The zero-order chi connectivity index (χ0) is 17.8. The van der Waals surface area contributed by atoms with E-state index < -0.39 is 0 Å². The molecule has 0 spiro atoms. The molecule has 0 bridgehead atoms. The maximum absolute atomic E-state index is 12.2. The molecule has 7 heteroatoms. The van der Waals surface area contributed by atoms with Crippen molar-refractivity contribution in [2.24, 2.45) is 5.92 Å². The first-order valence-corrected chi connectivity index (χ1v) is 11.5. The van der Waals surface area contributed by atoms with Crippen LogP contribution >= 0.6 is 23.1 Å². The Bertz CT molecular complexity index is 718. The molecule has 0 aromatic carbocycles. The van der Waals surface area contributed by atoms with Crippen molar-refractivity contribution in [1.29, 1.82) is 0 Å². The van der Waals surface area contributed by atoms with Crippen molar-refractivity contribution < 1.29 is 4.79 Å². The third kappa shape index (κ3) is 4.68. The minimum absolute atomic E-state index is 0.116. The average molecular weight is 391 g/mol. The summed E-state index contributed by atoms with van der Waals surface area (Å²) in [5, 5.41) is 14.9. The summed E-state index contributed by atoms with van der Waals surface area (Å²) in [5.41, 5.74) is 0. The van der Waals surface area contributed by atoms with Gasteiger partial charge in [-0.15, -0.1) is 21.5 Å².